The Hall–Kier alpha value is -7.10. The maximum atomic E-state index is 6.88. The number of anilines is 3. The lowest BCUT2D eigenvalue weighted by atomic mass is 9.81. The molecule has 0 fully saturated rings. The zero-order valence-electron chi connectivity index (χ0n) is 32.5. The third kappa shape index (κ3) is 4.74. The van der Waals surface area contributed by atoms with Crippen molar-refractivity contribution < 1.29 is 4.42 Å². The molecule has 0 saturated heterocycles. The van der Waals surface area contributed by atoms with Crippen molar-refractivity contribution in [3.05, 3.63) is 198 Å². The lowest BCUT2D eigenvalue weighted by Gasteiger charge is -2.33. The van der Waals surface area contributed by atoms with E-state index in [1.165, 1.54) is 60.9 Å². The molecule has 0 N–H and O–H groups in total. The summed E-state index contributed by atoms with van der Waals surface area (Å²) in [6.07, 6.45) is 6.68. The van der Waals surface area contributed by atoms with Crippen LogP contribution in [0.5, 0.6) is 0 Å². The van der Waals surface area contributed by atoms with E-state index in [0.29, 0.717) is 0 Å². The van der Waals surface area contributed by atoms with E-state index in [1.807, 2.05) is 0 Å². The molecule has 3 nitrogen and oxygen atoms in total. The number of furan rings is 1. The smallest absolute Gasteiger partial charge is 0.143 e. The molecule has 0 unspecified atom stereocenters. The maximum absolute atomic E-state index is 6.88. The van der Waals surface area contributed by atoms with Crippen LogP contribution < -0.4 is 4.90 Å². The summed E-state index contributed by atoms with van der Waals surface area (Å²) in [5, 5.41) is 5.95. The van der Waals surface area contributed by atoms with Crippen molar-refractivity contribution in [2.75, 3.05) is 4.90 Å². The molecule has 0 aliphatic heterocycles. The molecule has 0 spiro atoms. The Labute approximate surface area is 337 Å². The molecule has 10 aromatic rings. The van der Waals surface area contributed by atoms with Gasteiger partial charge in [0, 0.05) is 55.3 Å². The Morgan fingerprint density at radius 1 is 0.569 bits per heavy atom. The monoisotopic (exact) mass is 744 g/mol. The molecule has 2 heterocycles. The number of rotatable bonds is 5. The van der Waals surface area contributed by atoms with Crippen molar-refractivity contribution in [3.8, 4) is 27.9 Å². The van der Waals surface area contributed by atoms with E-state index in [1.54, 1.807) is 0 Å². The Morgan fingerprint density at radius 3 is 2.17 bits per heavy atom. The second-order valence-corrected chi connectivity index (χ2v) is 16.4. The molecular formula is C55H40N2O. The first-order valence-electron chi connectivity index (χ1n) is 20.4. The zero-order valence-corrected chi connectivity index (χ0v) is 32.5. The Kier molecular flexibility index (Phi) is 7.10. The molecule has 0 amide bonds. The molecule has 0 saturated carbocycles. The van der Waals surface area contributed by atoms with Gasteiger partial charge in [0.1, 0.15) is 11.2 Å². The van der Waals surface area contributed by atoms with E-state index < -0.39 is 0 Å². The van der Waals surface area contributed by atoms with Gasteiger partial charge in [-0.2, -0.15) is 0 Å². The van der Waals surface area contributed by atoms with Gasteiger partial charge in [0.05, 0.1) is 16.9 Å². The van der Waals surface area contributed by atoms with Crippen molar-refractivity contribution in [3.63, 3.8) is 0 Å². The second-order valence-electron chi connectivity index (χ2n) is 16.4. The zero-order chi connectivity index (χ0) is 38.5. The van der Waals surface area contributed by atoms with Gasteiger partial charge in [-0.15, -0.1) is 0 Å². The summed E-state index contributed by atoms with van der Waals surface area (Å²) in [5.74, 6) is 0. The lowest BCUT2D eigenvalue weighted by Crippen LogP contribution is -2.21. The summed E-state index contributed by atoms with van der Waals surface area (Å²) in [6.45, 7) is 4.76. The minimum Gasteiger partial charge on any atom is -0.455 e. The van der Waals surface area contributed by atoms with E-state index in [9.17, 15) is 0 Å². The van der Waals surface area contributed by atoms with Crippen molar-refractivity contribution in [1.29, 1.82) is 0 Å². The predicted octanol–water partition coefficient (Wildman–Crippen LogP) is 15.1. The van der Waals surface area contributed by atoms with Gasteiger partial charge in [-0.25, -0.2) is 0 Å². The summed E-state index contributed by atoms with van der Waals surface area (Å²) < 4.78 is 9.37. The van der Waals surface area contributed by atoms with Crippen LogP contribution in [0.2, 0.25) is 0 Å². The van der Waals surface area contributed by atoms with Gasteiger partial charge in [-0.05, 0) is 94.4 Å². The van der Waals surface area contributed by atoms with Crippen LogP contribution in [0.4, 0.5) is 17.1 Å². The molecule has 2 aliphatic rings. The number of hydrogen-bond acceptors (Lipinski definition) is 2. The minimum atomic E-state index is -0.226. The fourth-order valence-corrected chi connectivity index (χ4v) is 10.2. The van der Waals surface area contributed by atoms with Gasteiger partial charge < -0.3 is 13.9 Å². The number of aromatic nitrogens is 1. The van der Waals surface area contributed by atoms with Crippen molar-refractivity contribution in [2.24, 2.45) is 0 Å². The van der Waals surface area contributed by atoms with Crippen LogP contribution in [0.3, 0.4) is 0 Å². The molecular weight excluding hydrogens is 705 g/mol. The van der Waals surface area contributed by atoms with E-state index in [-0.39, 0.29) is 5.41 Å². The lowest BCUT2D eigenvalue weighted by molar-refractivity contribution is 0.660. The Bertz CT molecular complexity index is 3340. The summed E-state index contributed by atoms with van der Waals surface area (Å²) in [5.41, 5.74) is 17.5. The van der Waals surface area contributed by atoms with Crippen LogP contribution in [0.15, 0.2) is 180 Å². The molecule has 3 heteroatoms. The summed E-state index contributed by atoms with van der Waals surface area (Å²) in [4.78, 5) is 2.51. The van der Waals surface area contributed by atoms with Crippen LogP contribution in [0, 0.1) is 0 Å². The molecule has 58 heavy (non-hydrogen) atoms. The van der Waals surface area contributed by atoms with Crippen LogP contribution in [0.25, 0.3) is 77.6 Å². The number of benzene rings is 8. The van der Waals surface area contributed by atoms with Crippen LogP contribution in [-0.2, 0) is 11.8 Å². The van der Waals surface area contributed by atoms with Gasteiger partial charge >= 0.3 is 0 Å². The van der Waals surface area contributed by atoms with Crippen molar-refractivity contribution >= 4 is 66.8 Å². The van der Waals surface area contributed by atoms with E-state index >= 15 is 0 Å². The second kappa shape index (κ2) is 12.4. The van der Waals surface area contributed by atoms with Crippen LogP contribution in [-0.4, -0.2) is 4.57 Å². The first-order valence-corrected chi connectivity index (χ1v) is 20.4. The fraction of sp³-hybridized carbons (Fsp3) is 0.0909. The van der Waals surface area contributed by atoms with E-state index in [2.05, 4.69) is 205 Å². The van der Waals surface area contributed by atoms with Crippen LogP contribution >= 0.6 is 0 Å². The molecule has 0 atom stereocenters. The molecule has 8 aromatic carbocycles. The SMILES string of the molecule is CC1(C)c2ccccc2-c2cccc(N(c3cccc(-n4c5c(c6ccccc64)C=CCC5)c3)c3ccccc3-c3cccc4c3oc3cc5ccccc5cc34)c21. The molecule has 2 aliphatic carbocycles. The highest BCUT2D eigenvalue weighted by atomic mass is 16.3. The summed E-state index contributed by atoms with van der Waals surface area (Å²) in [6, 6.07) is 62.3. The maximum Gasteiger partial charge on any atom is 0.143 e. The third-order valence-corrected chi connectivity index (χ3v) is 12.8. The van der Waals surface area contributed by atoms with Crippen molar-refractivity contribution in [1.82, 2.24) is 4.57 Å². The van der Waals surface area contributed by atoms with Gasteiger partial charge in [0.25, 0.3) is 0 Å². The highest BCUT2D eigenvalue weighted by Crippen LogP contribution is 2.55. The topological polar surface area (TPSA) is 21.3 Å². The molecule has 0 radical (unpaired) electrons. The number of fused-ring (bicyclic) bond motifs is 10. The largest absolute Gasteiger partial charge is 0.455 e. The number of nitrogens with zero attached hydrogens (tertiary/aromatic N) is 2. The average molecular weight is 745 g/mol. The van der Waals surface area contributed by atoms with E-state index in [0.717, 1.165) is 63.0 Å². The standard InChI is InChI=1S/C55H40N2O/c1-55(2)47-27-9-5-20-39(47)43-24-15-31-51(53(43)55)57(38-19-13-18-37(34-38)56-48-28-10-6-21-40(48)41-22-7-11-29-49(41)56)50-30-12-8-23-42(50)44-25-14-26-45-46-32-35-16-3-4-17-36(35)33-52(46)58-54(44)45/h3-10,12-28,30-34H,11,29H2,1-2H3. The average Bonchev–Trinajstić information content (AvgIpc) is 3.89. The normalized spacial score (nSPS) is 14.0. The third-order valence-electron chi connectivity index (χ3n) is 12.8. The molecule has 12 rings (SSSR count). The first kappa shape index (κ1) is 33.1. The highest BCUT2D eigenvalue weighted by Gasteiger charge is 2.39. The van der Waals surface area contributed by atoms with Gasteiger partial charge in [0.2, 0.25) is 0 Å². The first-order chi connectivity index (χ1) is 28.5. The number of hydrogen-bond donors (Lipinski definition) is 0. The van der Waals surface area contributed by atoms with E-state index in [4.69, 9.17) is 4.42 Å². The fourth-order valence-electron chi connectivity index (χ4n) is 10.2. The van der Waals surface area contributed by atoms with Crippen LogP contribution in [0.1, 0.15) is 42.7 Å². The van der Waals surface area contributed by atoms with Gasteiger partial charge in [-0.3, -0.25) is 0 Å². The Morgan fingerprint density at radius 2 is 1.26 bits per heavy atom. The number of allylic oxidation sites excluding steroid dienone is 1. The minimum absolute atomic E-state index is 0.226. The van der Waals surface area contributed by atoms with Gasteiger partial charge in [-0.1, -0.05) is 147 Å². The Balaban J connectivity index is 1.13. The summed E-state index contributed by atoms with van der Waals surface area (Å²) >= 11 is 0. The molecule has 276 valence electrons. The van der Waals surface area contributed by atoms with Crippen molar-refractivity contribution in [2.45, 2.75) is 32.1 Å². The molecule has 2 aromatic heterocycles. The highest BCUT2D eigenvalue weighted by molar-refractivity contribution is 6.14. The summed E-state index contributed by atoms with van der Waals surface area (Å²) in [7, 11) is 0. The van der Waals surface area contributed by atoms with Gasteiger partial charge in [0.15, 0.2) is 0 Å². The number of para-hydroxylation sites is 3. The predicted molar refractivity (Wildman–Crippen MR) is 243 cm³/mol. The quantitative estimate of drug-likeness (QED) is 0.175. The molecule has 0 bridgehead atoms.